The highest BCUT2D eigenvalue weighted by Gasteiger charge is 2.24. The first-order valence-corrected chi connectivity index (χ1v) is 5.66. The lowest BCUT2D eigenvalue weighted by Crippen LogP contribution is -2.02. The van der Waals surface area contributed by atoms with Gasteiger partial charge in [-0.15, -0.1) is 11.3 Å². The number of anilines is 1. The van der Waals surface area contributed by atoms with E-state index in [0.717, 1.165) is 11.3 Å². The SMILES string of the molecule is CNc1ncnc(-c2ccc(C#N)s2)c1[N+](=O)[O-]. The summed E-state index contributed by atoms with van der Waals surface area (Å²) in [7, 11) is 1.55. The second-order valence-electron chi connectivity index (χ2n) is 3.20. The summed E-state index contributed by atoms with van der Waals surface area (Å²) < 4.78 is 0. The van der Waals surface area contributed by atoms with E-state index in [0.29, 0.717) is 9.75 Å². The van der Waals surface area contributed by atoms with E-state index >= 15 is 0 Å². The molecule has 0 saturated heterocycles. The zero-order chi connectivity index (χ0) is 13.1. The van der Waals surface area contributed by atoms with Crippen LogP contribution in [0.5, 0.6) is 0 Å². The molecule has 18 heavy (non-hydrogen) atoms. The zero-order valence-corrected chi connectivity index (χ0v) is 10.1. The third-order valence-electron chi connectivity index (χ3n) is 2.19. The number of nitrogens with one attached hydrogen (secondary N) is 1. The van der Waals surface area contributed by atoms with Gasteiger partial charge >= 0.3 is 5.69 Å². The smallest absolute Gasteiger partial charge is 0.338 e. The first kappa shape index (κ1) is 11.9. The fourth-order valence-corrected chi connectivity index (χ4v) is 2.24. The Hall–Kier alpha value is -2.53. The van der Waals surface area contributed by atoms with Crippen molar-refractivity contribution in [1.29, 1.82) is 5.26 Å². The lowest BCUT2D eigenvalue weighted by Gasteiger charge is -2.03. The van der Waals surface area contributed by atoms with E-state index in [1.54, 1.807) is 19.2 Å². The first-order chi connectivity index (χ1) is 8.67. The molecule has 0 aliphatic heterocycles. The number of rotatable bonds is 3. The van der Waals surface area contributed by atoms with E-state index in [1.165, 1.54) is 6.33 Å². The van der Waals surface area contributed by atoms with Gasteiger partial charge in [0.1, 0.15) is 17.3 Å². The molecule has 90 valence electrons. The van der Waals surface area contributed by atoms with Crippen LogP contribution in [0.25, 0.3) is 10.6 Å². The molecule has 0 amide bonds. The van der Waals surface area contributed by atoms with Crippen LogP contribution in [0.2, 0.25) is 0 Å². The number of thiophene rings is 1. The zero-order valence-electron chi connectivity index (χ0n) is 9.25. The molecular formula is C10H7N5O2S. The van der Waals surface area contributed by atoms with Crippen LogP contribution in [0.4, 0.5) is 11.5 Å². The van der Waals surface area contributed by atoms with Crippen molar-refractivity contribution in [2.75, 3.05) is 12.4 Å². The number of aromatic nitrogens is 2. The summed E-state index contributed by atoms with van der Waals surface area (Å²) in [5.74, 6) is 0.150. The van der Waals surface area contributed by atoms with Crippen LogP contribution < -0.4 is 5.32 Å². The molecule has 0 spiro atoms. The van der Waals surface area contributed by atoms with Gasteiger partial charge in [0.25, 0.3) is 0 Å². The molecule has 1 N–H and O–H groups in total. The van der Waals surface area contributed by atoms with Gasteiger partial charge in [-0.2, -0.15) is 5.26 Å². The molecule has 2 heterocycles. The van der Waals surface area contributed by atoms with Crippen LogP contribution in [0.15, 0.2) is 18.5 Å². The molecule has 0 radical (unpaired) electrons. The highest BCUT2D eigenvalue weighted by atomic mass is 32.1. The molecular weight excluding hydrogens is 254 g/mol. The molecule has 0 aromatic carbocycles. The average molecular weight is 261 g/mol. The second kappa shape index (κ2) is 4.77. The molecule has 2 aromatic rings. The van der Waals surface area contributed by atoms with Gasteiger partial charge < -0.3 is 5.32 Å². The van der Waals surface area contributed by atoms with Crippen LogP contribution in [0.3, 0.4) is 0 Å². The minimum atomic E-state index is -0.535. The summed E-state index contributed by atoms with van der Waals surface area (Å²) in [6.45, 7) is 0. The van der Waals surface area contributed by atoms with Gasteiger partial charge in [-0.05, 0) is 12.1 Å². The molecule has 0 aliphatic carbocycles. The molecule has 2 aromatic heterocycles. The summed E-state index contributed by atoms with van der Waals surface area (Å²) in [5.41, 5.74) is 0.0252. The third kappa shape index (κ3) is 1.99. The van der Waals surface area contributed by atoms with Crippen molar-refractivity contribution >= 4 is 22.8 Å². The monoisotopic (exact) mass is 261 g/mol. The van der Waals surface area contributed by atoms with Gasteiger partial charge in [-0.1, -0.05) is 0 Å². The normalized spacial score (nSPS) is 9.78. The molecule has 0 aliphatic rings. The number of hydrogen-bond donors (Lipinski definition) is 1. The first-order valence-electron chi connectivity index (χ1n) is 4.84. The van der Waals surface area contributed by atoms with Crippen molar-refractivity contribution in [3.8, 4) is 16.6 Å². The number of nitriles is 1. The molecule has 2 rings (SSSR count). The number of nitro groups is 1. The topological polar surface area (TPSA) is 105 Å². The molecule has 0 unspecified atom stereocenters. The Morgan fingerprint density at radius 3 is 2.83 bits per heavy atom. The number of hydrogen-bond acceptors (Lipinski definition) is 7. The van der Waals surface area contributed by atoms with E-state index in [4.69, 9.17) is 5.26 Å². The molecule has 0 bridgehead atoms. The fraction of sp³-hybridized carbons (Fsp3) is 0.100. The Morgan fingerprint density at radius 2 is 2.28 bits per heavy atom. The number of nitrogens with zero attached hydrogens (tertiary/aromatic N) is 4. The Balaban J connectivity index is 2.64. The summed E-state index contributed by atoms with van der Waals surface area (Å²) in [6, 6.07) is 5.22. The maximum atomic E-state index is 11.1. The minimum absolute atomic E-state index is 0.150. The van der Waals surface area contributed by atoms with Crippen LogP contribution >= 0.6 is 11.3 Å². The van der Waals surface area contributed by atoms with Gasteiger partial charge in [-0.25, -0.2) is 9.97 Å². The van der Waals surface area contributed by atoms with Crippen molar-refractivity contribution in [3.05, 3.63) is 33.5 Å². The van der Waals surface area contributed by atoms with Gasteiger partial charge in [0.15, 0.2) is 5.69 Å². The second-order valence-corrected chi connectivity index (χ2v) is 4.29. The van der Waals surface area contributed by atoms with Crippen LogP contribution in [-0.4, -0.2) is 21.9 Å². The summed E-state index contributed by atoms with van der Waals surface area (Å²) in [4.78, 5) is 19.3. The van der Waals surface area contributed by atoms with E-state index in [2.05, 4.69) is 15.3 Å². The van der Waals surface area contributed by atoms with Crippen molar-refractivity contribution in [2.45, 2.75) is 0 Å². The largest absolute Gasteiger partial charge is 0.367 e. The summed E-state index contributed by atoms with van der Waals surface area (Å²) in [6.07, 6.45) is 1.25. The highest BCUT2D eigenvalue weighted by molar-refractivity contribution is 7.16. The van der Waals surface area contributed by atoms with Crippen molar-refractivity contribution in [2.24, 2.45) is 0 Å². The molecule has 0 atom stereocenters. The quantitative estimate of drug-likeness (QED) is 0.669. The molecule has 0 fully saturated rings. The minimum Gasteiger partial charge on any atom is -0.367 e. The lowest BCUT2D eigenvalue weighted by atomic mass is 10.2. The maximum absolute atomic E-state index is 11.1. The van der Waals surface area contributed by atoms with Crippen LogP contribution in [0.1, 0.15) is 4.88 Å². The third-order valence-corrected chi connectivity index (χ3v) is 3.19. The average Bonchev–Trinajstić information content (AvgIpc) is 2.86. The van der Waals surface area contributed by atoms with Gasteiger partial charge in [0.05, 0.1) is 9.80 Å². The predicted molar refractivity (Wildman–Crippen MR) is 66.3 cm³/mol. The Morgan fingerprint density at radius 1 is 1.50 bits per heavy atom. The molecule has 8 heteroatoms. The van der Waals surface area contributed by atoms with Crippen molar-refractivity contribution in [1.82, 2.24) is 9.97 Å². The highest BCUT2D eigenvalue weighted by Crippen LogP contribution is 2.36. The van der Waals surface area contributed by atoms with E-state index in [-0.39, 0.29) is 17.2 Å². The van der Waals surface area contributed by atoms with Crippen molar-refractivity contribution in [3.63, 3.8) is 0 Å². The lowest BCUT2D eigenvalue weighted by molar-refractivity contribution is -0.383. The van der Waals surface area contributed by atoms with E-state index in [1.807, 2.05) is 6.07 Å². The maximum Gasteiger partial charge on any atom is 0.338 e. The van der Waals surface area contributed by atoms with Crippen LogP contribution in [-0.2, 0) is 0 Å². The standard InChI is InChI=1S/C10H7N5O2S/c1-12-10-9(15(16)17)8(13-5-14-10)7-3-2-6(4-11)18-7/h2-3,5H,1H3,(H,12,13,14). The predicted octanol–water partition coefficient (Wildman–Crippen LogP) is 2.03. The van der Waals surface area contributed by atoms with Crippen LogP contribution in [0, 0.1) is 21.4 Å². The Kier molecular flexibility index (Phi) is 3.16. The Labute approximate surface area is 106 Å². The van der Waals surface area contributed by atoms with Gasteiger partial charge in [-0.3, -0.25) is 10.1 Å². The van der Waals surface area contributed by atoms with E-state index in [9.17, 15) is 10.1 Å². The van der Waals surface area contributed by atoms with E-state index < -0.39 is 4.92 Å². The summed E-state index contributed by atoms with van der Waals surface area (Å²) >= 11 is 1.15. The molecule has 0 saturated carbocycles. The van der Waals surface area contributed by atoms with Gasteiger partial charge in [0.2, 0.25) is 5.82 Å². The fourth-order valence-electron chi connectivity index (χ4n) is 1.44. The van der Waals surface area contributed by atoms with Crippen molar-refractivity contribution < 1.29 is 4.92 Å². The Bertz CT molecular complexity index is 646. The molecule has 7 nitrogen and oxygen atoms in total. The summed E-state index contributed by atoms with van der Waals surface area (Å²) in [5, 5.41) is 22.5. The van der Waals surface area contributed by atoms with Gasteiger partial charge in [0, 0.05) is 7.05 Å².